The van der Waals surface area contributed by atoms with Crippen molar-refractivity contribution >= 4 is 5.91 Å². The summed E-state index contributed by atoms with van der Waals surface area (Å²) in [5.41, 5.74) is 0. The van der Waals surface area contributed by atoms with E-state index < -0.39 is 0 Å². The average Bonchev–Trinajstić information content (AvgIpc) is 2.88. The number of carbonyl (C=O) groups is 1. The van der Waals surface area contributed by atoms with Crippen LogP contribution in [-0.2, 0) is 0 Å². The van der Waals surface area contributed by atoms with Gasteiger partial charge < -0.3 is 10.2 Å². The van der Waals surface area contributed by atoms with E-state index in [9.17, 15) is 4.79 Å². The average molecular weight is 265 g/mol. The van der Waals surface area contributed by atoms with Gasteiger partial charge in [0, 0.05) is 19.5 Å². The van der Waals surface area contributed by atoms with E-state index in [1.54, 1.807) is 4.90 Å². The normalized spacial score (nSPS) is 19.7. The minimum absolute atomic E-state index is 0.103. The second-order valence-corrected chi connectivity index (χ2v) is 5.60. The van der Waals surface area contributed by atoms with Gasteiger partial charge in [0.25, 0.3) is 5.91 Å². The number of piperidine rings is 1. The van der Waals surface area contributed by atoms with Crippen molar-refractivity contribution in [3.05, 3.63) is 11.6 Å². The summed E-state index contributed by atoms with van der Waals surface area (Å²) in [5, 5.41) is 10.2. The van der Waals surface area contributed by atoms with Crippen molar-refractivity contribution in [2.45, 2.75) is 32.6 Å². The van der Waals surface area contributed by atoms with E-state index in [0.29, 0.717) is 5.92 Å². The molecule has 6 heteroatoms. The Balaban J connectivity index is 1.93. The van der Waals surface area contributed by atoms with Gasteiger partial charge >= 0.3 is 0 Å². The van der Waals surface area contributed by atoms with E-state index in [-0.39, 0.29) is 17.6 Å². The number of hydrogen-bond donors (Lipinski definition) is 2. The number of carbonyl (C=O) groups excluding carboxylic acids is 1. The molecule has 1 aromatic heterocycles. The van der Waals surface area contributed by atoms with Gasteiger partial charge in [0.1, 0.15) is 5.82 Å². The summed E-state index contributed by atoms with van der Waals surface area (Å²) in [6.07, 6.45) is 2.36. The summed E-state index contributed by atoms with van der Waals surface area (Å²) in [6.45, 7) is 6.88. The predicted molar refractivity (Wildman–Crippen MR) is 73.0 cm³/mol. The molecule has 6 nitrogen and oxygen atoms in total. The van der Waals surface area contributed by atoms with E-state index in [1.165, 1.54) is 12.8 Å². The maximum atomic E-state index is 12.2. The standard InChI is InChI=1S/C13H23N5O/c1-9(2)11-15-12(17-16-11)13(19)18(3)8-10-5-4-6-14-7-10/h9-10,14H,4-8H2,1-3H3,(H,15,16,17). The highest BCUT2D eigenvalue weighted by molar-refractivity contribution is 5.90. The molecular weight excluding hydrogens is 242 g/mol. The summed E-state index contributed by atoms with van der Waals surface area (Å²) in [4.78, 5) is 18.2. The molecule has 1 unspecified atom stereocenters. The van der Waals surface area contributed by atoms with Crippen molar-refractivity contribution in [2.24, 2.45) is 5.92 Å². The van der Waals surface area contributed by atoms with Gasteiger partial charge in [-0.2, -0.15) is 0 Å². The summed E-state index contributed by atoms with van der Waals surface area (Å²) in [7, 11) is 1.82. The second kappa shape index (κ2) is 6.14. The third kappa shape index (κ3) is 3.53. The molecular formula is C13H23N5O. The fraction of sp³-hybridized carbons (Fsp3) is 0.769. The molecule has 0 aliphatic carbocycles. The van der Waals surface area contributed by atoms with E-state index in [0.717, 1.165) is 25.5 Å². The summed E-state index contributed by atoms with van der Waals surface area (Å²) < 4.78 is 0. The number of aromatic amines is 1. The lowest BCUT2D eigenvalue weighted by Crippen LogP contribution is -2.39. The molecule has 19 heavy (non-hydrogen) atoms. The first-order valence-corrected chi connectivity index (χ1v) is 6.96. The van der Waals surface area contributed by atoms with Crippen LogP contribution in [0.1, 0.15) is 49.1 Å². The smallest absolute Gasteiger partial charge is 0.293 e. The van der Waals surface area contributed by atoms with Crippen LogP contribution in [0.25, 0.3) is 0 Å². The van der Waals surface area contributed by atoms with E-state index >= 15 is 0 Å². The molecule has 1 amide bonds. The van der Waals surface area contributed by atoms with Crippen LogP contribution in [0, 0.1) is 5.92 Å². The number of aromatic nitrogens is 3. The van der Waals surface area contributed by atoms with Gasteiger partial charge in [0.15, 0.2) is 0 Å². The lowest BCUT2D eigenvalue weighted by Gasteiger charge is -2.27. The molecule has 1 fully saturated rings. The van der Waals surface area contributed by atoms with Crippen molar-refractivity contribution in [3.63, 3.8) is 0 Å². The van der Waals surface area contributed by atoms with Crippen molar-refractivity contribution in [1.29, 1.82) is 0 Å². The number of H-pyrrole nitrogens is 1. The van der Waals surface area contributed by atoms with Crippen LogP contribution < -0.4 is 5.32 Å². The number of nitrogens with one attached hydrogen (secondary N) is 2. The van der Waals surface area contributed by atoms with E-state index in [4.69, 9.17) is 0 Å². The molecule has 0 aromatic carbocycles. The minimum atomic E-state index is -0.103. The Morgan fingerprint density at radius 3 is 2.89 bits per heavy atom. The first-order valence-electron chi connectivity index (χ1n) is 6.96. The topological polar surface area (TPSA) is 73.9 Å². The maximum absolute atomic E-state index is 12.2. The predicted octanol–water partition coefficient (Wildman–Crippen LogP) is 1.000. The first-order chi connectivity index (χ1) is 9.08. The van der Waals surface area contributed by atoms with Gasteiger partial charge in [-0.05, 0) is 31.8 Å². The zero-order valence-electron chi connectivity index (χ0n) is 11.9. The molecule has 106 valence electrons. The molecule has 1 saturated heterocycles. The van der Waals surface area contributed by atoms with Crippen molar-refractivity contribution in [3.8, 4) is 0 Å². The fourth-order valence-electron chi connectivity index (χ4n) is 2.35. The van der Waals surface area contributed by atoms with Gasteiger partial charge in [-0.25, -0.2) is 4.98 Å². The molecule has 2 N–H and O–H groups in total. The Morgan fingerprint density at radius 2 is 2.32 bits per heavy atom. The number of amides is 1. The van der Waals surface area contributed by atoms with Crippen LogP contribution in [0.15, 0.2) is 0 Å². The molecule has 0 saturated carbocycles. The zero-order valence-corrected chi connectivity index (χ0v) is 11.9. The minimum Gasteiger partial charge on any atom is -0.339 e. The first kappa shape index (κ1) is 14.0. The van der Waals surface area contributed by atoms with Gasteiger partial charge in [-0.1, -0.05) is 13.8 Å². The van der Waals surface area contributed by atoms with E-state index in [1.807, 2.05) is 20.9 Å². The Bertz CT molecular complexity index is 422. The maximum Gasteiger partial charge on any atom is 0.293 e. The molecule has 2 heterocycles. The number of rotatable bonds is 4. The third-order valence-corrected chi connectivity index (χ3v) is 3.52. The third-order valence-electron chi connectivity index (χ3n) is 3.52. The summed E-state index contributed by atoms with van der Waals surface area (Å²) in [5.74, 6) is 1.72. The monoisotopic (exact) mass is 265 g/mol. The lowest BCUT2D eigenvalue weighted by molar-refractivity contribution is 0.0753. The molecule has 1 aromatic rings. The lowest BCUT2D eigenvalue weighted by atomic mass is 9.99. The van der Waals surface area contributed by atoms with Gasteiger partial charge in [-0.3, -0.25) is 9.89 Å². The molecule has 2 rings (SSSR count). The van der Waals surface area contributed by atoms with Crippen LogP contribution in [0.4, 0.5) is 0 Å². The van der Waals surface area contributed by atoms with Gasteiger partial charge in [0.2, 0.25) is 5.82 Å². The van der Waals surface area contributed by atoms with Crippen LogP contribution in [0.5, 0.6) is 0 Å². The van der Waals surface area contributed by atoms with Crippen molar-refractivity contribution in [1.82, 2.24) is 25.4 Å². The Kier molecular flexibility index (Phi) is 4.52. The molecule has 0 radical (unpaired) electrons. The van der Waals surface area contributed by atoms with Crippen LogP contribution in [0.2, 0.25) is 0 Å². The Hall–Kier alpha value is -1.43. The zero-order chi connectivity index (χ0) is 13.8. The highest BCUT2D eigenvalue weighted by Gasteiger charge is 2.22. The molecule has 0 bridgehead atoms. The molecule has 1 atom stereocenters. The Labute approximate surface area is 114 Å². The largest absolute Gasteiger partial charge is 0.339 e. The Morgan fingerprint density at radius 1 is 1.53 bits per heavy atom. The fourth-order valence-corrected chi connectivity index (χ4v) is 2.35. The number of hydrogen-bond acceptors (Lipinski definition) is 4. The highest BCUT2D eigenvalue weighted by Crippen LogP contribution is 2.13. The second-order valence-electron chi connectivity index (χ2n) is 5.60. The quantitative estimate of drug-likeness (QED) is 0.851. The van der Waals surface area contributed by atoms with Crippen molar-refractivity contribution < 1.29 is 4.79 Å². The van der Waals surface area contributed by atoms with Gasteiger partial charge in [-0.15, -0.1) is 5.10 Å². The van der Waals surface area contributed by atoms with Crippen molar-refractivity contribution in [2.75, 3.05) is 26.7 Å². The van der Waals surface area contributed by atoms with E-state index in [2.05, 4.69) is 20.5 Å². The molecule has 1 aliphatic rings. The van der Waals surface area contributed by atoms with Crippen LogP contribution in [-0.4, -0.2) is 52.7 Å². The van der Waals surface area contributed by atoms with Crippen LogP contribution >= 0.6 is 0 Å². The van der Waals surface area contributed by atoms with Crippen LogP contribution in [0.3, 0.4) is 0 Å². The molecule has 0 spiro atoms. The number of nitrogens with zero attached hydrogens (tertiary/aromatic N) is 3. The molecule has 1 aliphatic heterocycles. The SMILES string of the molecule is CC(C)c1nc(C(=O)N(C)CC2CCCNC2)n[nH]1. The summed E-state index contributed by atoms with van der Waals surface area (Å²) >= 11 is 0. The summed E-state index contributed by atoms with van der Waals surface area (Å²) in [6, 6.07) is 0. The van der Waals surface area contributed by atoms with Gasteiger partial charge in [0.05, 0.1) is 0 Å². The highest BCUT2D eigenvalue weighted by atomic mass is 16.2.